The number of thiol groups is 1. The van der Waals surface area contributed by atoms with Gasteiger partial charge in [-0.05, 0) is 17.7 Å². The molecule has 0 fully saturated rings. The fourth-order valence-electron chi connectivity index (χ4n) is 0.654. The summed E-state index contributed by atoms with van der Waals surface area (Å²) in [4.78, 5) is 0.708. The van der Waals surface area contributed by atoms with E-state index in [9.17, 15) is 0 Å². The van der Waals surface area contributed by atoms with Crippen molar-refractivity contribution >= 4 is 17.5 Å². The summed E-state index contributed by atoms with van der Waals surface area (Å²) in [6, 6.07) is 6.75. The summed E-state index contributed by atoms with van der Waals surface area (Å²) in [5.74, 6) is 0.262. The molecular weight excluding hydrogens is 144 g/mol. The highest BCUT2D eigenvalue weighted by Gasteiger charge is 1.91. The SMILES string of the molecule is C=C(S)c1ccc(O)cc1. The van der Waals surface area contributed by atoms with E-state index in [2.05, 4.69) is 19.2 Å². The lowest BCUT2D eigenvalue weighted by atomic mass is 10.2. The van der Waals surface area contributed by atoms with Crippen molar-refractivity contribution in [1.29, 1.82) is 0 Å². The van der Waals surface area contributed by atoms with Crippen molar-refractivity contribution in [2.24, 2.45) is 0 Å². The summed E-state index contributed by atoms with van der Waals surface area (Å²) in [6.07, 6.45) is 0. The molecule has 10 heavy (non-hydrogen) atoms. The molecule has 0 radical (unpaired) electrons. The average molecular weight is 152 g/mol. The predicted octanol–water partition coefficient (Wildman–Crippen LogP) is 2.29. The molecule has 0 aliphatic heterocycles. The first-order valence-electron chi connectivity index (χ1n) is 2.87. The third-order valence-electron chi connectivity index (χ3n) is 1.20. The molecule has 2 heteroatoms. The molecule has 1 nitrogen and oxygen atoms in total. The van der Waals surface area contributed by atoms with E-state index < -0.39 is 0 Å². The van der Waals surface area contributed by atoms with E-state index in [0.29, 0.717) is 4.91 Å². The van der Waals surface area contributed by atoms with E-state index in [4.69, 9.17) is 5.11 Å². The van der Waals surface area contributed by atoms with Gasteiger partial charge >= 0.3 is 0 Å². The Hall–Kier alpha value is -0.890. The molecule has 52 valence electrons. The van der Waals surface area contributed by atoms with E-state index in [1.165, 1.54) is 0 Å². The topological polar surface area (TPSA) is 20.2 Å². The van der Waals surface area contributed by atoms with E-state index in [1.807, 2.05) is 0 Å². The van der Waals surface area contributed by atoms with Crippen LogP contribution < -0.4 is 0 Å². The Kier molecular flexibility index (Phi) is 2.02. The molecule has 0 amide bonds. The number of hydrogen-bond donors (Lipinski definition) is 2. The van der Waals surface area contributed by atoms with Crippen molar-refractivity contribution in [2.45, 2.75) is 0 Å². The number of benzene rings is 1. The van der Waals surface area contributed by atoms with Gasteiger partial charge in [0.25, 0.3) is 0 Å². The fraction of sp³-hybridized carbons (Fsp3) is 0. The molecule has 0 unspecified atom stereocenters. The van der Waals surface area contributed by atoms with E-state index in [0.717, 1.165) is 5.56 Å². The fourth-order valence-corrected chi connectivity index (χ4v) is 0.803. The Labute approximate surface area is 65.4 Å². The molecule has 0 saturated carbocycles. The molecule has 0 aliphatic rings. The molecule has 1 aromatic rings. The third kappa shape index (κ3) is 1.54. The first-order chi connectivity index (χ1) is 4.70. The van der Waals surface area contributed by atoms with Gasteiger partial charge in [-0.25, -0.2) is 0 Å². The Morgan fingerprint density at radius 2 is 1.80 bits per heavy atom. The zero-order valence-corrected chi connectivity index (χ0v) is 6.31. The summed E-state index contributed by atoms with van der Waals surface area (Å²) in [5, 5.41) is 8.88. The van der Waals surface area contributed by atoms with Crippen molar-refractivity contribution < 1.29 is 5.11 Å². The van der Waals surface area contributed by atoms with Crippen molar-refractivity contribution in [3.63, 3.8) is 0 Å². The maximum atomic E-state index is 8.88. The lowest BCUT2D eigenvalue weighted by Gasteiger charge is -1.96. The van der Waals surface area contributed by atoms with Crippen LogP contribution in [-0.4, -0.2) is 5.11 Å². The summed E-state index contributed by atoms with van der Waals surface area (Å²) in [6.45, 7) is 3.64. The van der Waals surface area contributed by atoms with Crippen LogP contribution in [0.15, 0.2) is 30.8 Å². The van der Waals surface area contributed by atoms with Crippen LogP contribution >= 0.6 is 12.6 Å². The number of phenolic OH excluding ortho intramolecular Hbond substituents is 1. The lowest BCUT2D eigenvalue weighted by Crippen LogP contribution is -1.72. The minimum Gasteiger partial charge on any atom is -0.508 e. The minimum atomic E-state index is 0.262. The van der Waals surface area contributed by atoms with Crippen molar-refractivity contribution in [3.05, 3.63) is 36.4 Å². The van der Waals surface area contributed by atoms with Crippen LogP contribution in [0.3, 0.4) is 0 Å². The van der Waals surface area contributed by atoms with E-state index in [1.54, 1.807) is 24.3 Å². The Balaban J connectivity index is 3.00. The Morgan fingerprint density at radius 3 is 2.20 bits per heavy atom. The summed E-state index contributed by atoms with van der Waals surface area (Å²) in [7, 11) is 0. The van der Waals surface area contributed by atoms with Gasteiger partial charge in [0.2, 0.25) is 0 Å². The summed E-state index contributed by atoms with van der Waals surface area (Å²) < 4.78 is 0. The first-order valence-corrected chi connectivity index (χ1v) is 3.32. The second-order valence-corrected chi connectivity index (χ2v) is 2.53. The normalized spacial score (nSPS) is 9.30. The van der Waals surface area contributed by atoms with Gasteiger partial charge in [-0.2, -0.15) is 0 Å². The summed E-state index contributed by atoms with van der Waals surface area (Å²) in [5.41, 5.74) is 0.932. The van der Waals surface area contributed by atoms with Crippen LogP contribution in [0, 0.1) is 0 Å². The number of hydrogen-bond acceptors (Lipinski definition) is 2. The minimum absolute atomic E-state index is 0.262. The van der Waals surface area contributed by atoms with Gasteiger partial charge in [0.05, 0.1) is 0 Å². The molecule has 0 aromatic heterocycles. The molecule has 1 aromatic carbocycles. The standard InChI is InChI=1S/C8H8OS/c1-6(10)7-2-4-8(9)5-3-7/h2-5,9-10H,1H2. The van der Waals surface area contributed by atoms with Gasteiger partial charge < -0.3 is 5.11 Å². The molecule has 1 rings (SSSR count). The third-order valence-corrected chi connectivity index (χ3v) is 1.46. The molecule has 0 aliphatic carbocycles. The quantitative estimate of drug-likeness (QED) is 0.591. The highest BCUT2D eigenvalue weighted by Crippen LogP contribution is 2.18. The number of aromatic hydroxyl groups is 1. The van der Waals surface area contributed by atoms with Gasteiger partial charge in [-0.1, -0.05) is 18.7 Å². The van der Waals surface area contributed by atoms with Crippen LogP contribution in [0.2, 0.25) is 0 Å². The zero-order chi connectivity index (χ0) is 7.56. The predicted molar refractivity (Wildman–Crippen MR) is 46.1 cm³/mol. The Bertz CT molecular complexity index is 238. The molecule has 0 atom stereocenters. The van der Waals surface area contributed by atoms with Crippen molar-refractivity contribution in [3.8, 4) is 5.75 Å². The van der Waals surface area contributed by atoms with Crippen LogP contribution in [0.4, 0.5) is 0 Å². The largest absolute Gasteiger partial charge is 0.508 e. The zero-order valence-electron chi connectivity index (χ0n) is 5.41. The highest BCUT2D eigenvalue weighted by molar-refractivity contribution is 7.90. The smallest absolute Gasteiger partial charge is 0.115 e. The molecule has 1 N–H and O–H groups in total. The van der Waals surface area contributed by atoms with Crippen LogP contribution in [0.5, 0.6) is 5.75 Å². The first kappa shape index (κ1) is 7.22. The molecular formula is C8H8OS. The van der Waals surface area contributed by atoms with Crippen LogP contribution in [0.1, 0.15) is 5.56 Å². The number of rotatable bonds is 1. The van der Waals surface area contributed by atoms with E-state index in [-0.39, 0.29) is 5.75 Å². The lowest BCUT2D eigenvalue weighted by molar-refractivity contribution is 0.475. The van der Waals surface area contributed by atoms with Gasteiger partial charge in [0, 0.05) is 4.91 Å². The molecule has 0 bridgehead atoms. The molecule has 0 heterocycles. The van der Waals surface area contributed by atoms with Gasteiger partial charge in [0.15, 0.2) is 0 Å². The second kappa shape index (κ2) is 2.80. The summed E-state index contributed by atoms with van der Waals surface area (Å²) >= 11 is 4.05. The molecule has 0 saturated heterocycles. The maximum Gasteiger partial charge on any atom is 0.115 e. The number of phenols is 1. The van der Waals surface area contributed by atoms with Crippen LogP contribution in [-0.2, 0) is 0 Å². The van der Waals surface area contributed by atoms with Gasteiger partial charge in [-0.15, -0.1) is 12.6 Å². The van der Waals surface area contributed by atoms with Gasteiger partial charge in [0.1, 0.15) is 5.75 Å². The maximum absolute atomic E-state index is 8.88. The Morgan fingerprint density at radius 1 is 1.30 bits per heavy atom. The monoisotopic (exact) mass is 152 g/mol. The highest BCUT2D eigenvalue weighted by atomic mass is 32.1. The molecule has 0 spiro atoms. The second-order valence-electron chi connectivity index (χ2n) is 1.99. The van der Waals surface area contributed by atoms with E-state index >= 15 is 0 Å². The average Bonchev–Trinajstić information content (AvgIpc) is 1.88. The van der Waals surface area contributed by atoms with Crippen molar-refractivity contribution in [2.75, 3.05) is 0 Å². The van der Waals surface area contributed by atoms with Crippen molar-refractivity contribution in [1.82, 2.24) is 0 Å². The van der Waals surface area contributed by atoms with Crippen LogP contribution in [0.25, 0.3) is 4.91 Å². The van der Waals surface area contributed by atoms with Gasteiger partial charge in [-0.3, -0.25) is 0 Å².